The number of thioether (sulfide) groups is 1. The highest BCUT2D eigenvalue weighted by Gasteiger charge is 2.15. The Bertz CT molecular complexity index is 669. The molecule has 6 heteroatoms. The molecule has 0 atom stereocenters. The fraction of sp³-hybridized carbons (Fsp3) is 0.312. The highest BCUT2D eigenvalue weighted by molar-refractivity contribution is 7.98. The lowest BCUT2D eigenvalue weighted by Crippen LogP contribution is -2.23. The van der Waals surface area contributed by atoms with Gasteiger partial charge in [-0.1, -0.05) is 0 Å². The number of carbonyl (C=O) groups is 1. The molecular formula is C16H17NO3S2. The molecule has 0 saturated carbocycles. The number of carbonyl (C=O) groups excluding carboxylic acids is 1. The maximum atomic E-state index is 12.1. The van der Waals surface area contributed by atoms with E-state index in [0.29, 0.717) is 0 Å². The topological polar surface area (TPSA) is 47.6 Å². The summed E-state index contributed by atoms with van der Waals surface area (Å²) in [5.74, 6) is 2.59. The van der Waals surface area contributed by atoms with Crippen molar-refractivity contribution in [1.29, 1.82) is 0 Å². The number of benzene rings is 1. The van der Waals surface area contributed by atoms with Gasteiger partial charge < -0.3 is 14.8 Å². The number of nitrogens with one attached hydrogen (secondary N) is 1. The molecule has 2 aromatic rings. The predicted octanol–water partition coefficient (Wildman–Crippen LogP) is 3.63. The second-order valence-corrected chi connectivity index (χ2v) is 6.90. The van der Waals surface area contributed by atoms with Crippen LogP contribution in [0.5, 0.6) is 11.5 Å². The van der Waals surface area contributed by atoms with Crippen LogP contribution in [0.4, 0.5) is 0 Å². The van der Waals surface area contributed by atoms with E-state index in [4.69, 9.17) is 9.47 Å². The summed E-state index contributed by atoms with van der Waals surface area (Å²) in [7, 11) is 0. The van der Waals surface area contributed by atoms with Crippen molar-refractivity contribution in [2.75, 3.05) is 25.3 Å². The Kier molecular flexibility index (Phi) is 4.90. The average Bonchev–Trinajstić information content (AvgIpc) is 3.19. The minimum absolute atomic E-state index is 0.00176. The molecule has 1 aromatic heterocycles. The highest BCUT2D eigenvalue weighted by Crippen LogP contribution is 2.37. The molecule has 0 fully saturated rings. The lowest BCUT2D eigenvalue weighted by Gasteiger charge is -2.02. The Hall–Kier alpha value is -1.66. The summed E-state index contributed by atoms with van der Waals surface area (Å²) in [4.78, 5) is 13.9. The molecule has 1 aliphatic rings. The molecule has 116 valence electrons. The van der Waals surface area contributed by atoms with Crippen LogP contribution in [-0.4, -0.2) is 31.3 Å². The van der Waals surface area contributed by atoms with E-state index in [-0.39, 0.29) is 12.7 Å². The second-order valence-electron chi connectivity index (χ2n) is 4.83. The molecule has 1 amide bonds. The van der Waals surface area contributed by atoms with Gasteiger partial charge in [0.2, 0.25) is 6.79 Å². The molecule has 22 heavy (non-hydrogen) atoms. The van der Waals surface area contributed by atoms with E-state index in [0.717, 1.165) is 45.5 Å². The second kappa shape index (κ2) is 7.07. The van der Waals surface area contributed by atoms with Gasteiger partial charge in [-0.2, -0.15) is 11.8 Å². The van der Waals surface area contributed by atoms with Crippen molar-refractivity contribution in [3.63, 3.8) is 0 Å². The number of rotatable bonds is 6. The summed E-state index contributed by atoms with van der Waals surface area (Å²) in [6.07, 6.45) is 3.06. The molecule has 0 bridgehead atoms. The van der Waals surface area contributed by atoms with Gasteiger partial charge in [0.15, 0.2) is 11.5 Å². The molecule has 1 aliphatic heterocycles. The van der Waals surface area contributed by atoms with Gasteiger partial charge in [0, 0.05) is 11.4 Å². The third kappa shape index (κ3) is 3.39. The Labute approximate surface area is 137 Å². The quantitative estimate of drug-likeness (QED) is 0.819. The van der Waals surface area contributed by atoms with Gasteiger partial charge in [-0.3, -0.25) is 4.79 Å². The first-order valence-electron chi connectivity index (χ1n) is 7.05. The van der Waals surface area contributed by atoms with Crippen molar-refractivity contribution < 1.29 is 14.3 Å². The minimum Gasteiger partial charge on any atom is -0.454 e. The fourth-order valence-electron chi connectivity index (χ4n) is 2.17. The number of hydrogen-bond donors (Lipinski definition) is 1. The SMILES string of the molecule is CSCCCNC(=O)c1ccc(-c2ccc3c(c2)OCO3)s1. The Morgan fingerprint density at radius 2 is 2.14 bits per heavy atom. The monoisotopic (exact) mass is 335 g/mol. The summed E-state index contributed by atoms with van der Waals surface area (Å²) in [6, 6.07) is 9.68. The molecule has 0 aliphatic carbocycles. The van der Waals surface area contributed by atoms with Gasteiger partial charge in [-0.25, -0.2) is 0 Å². The molecule has 4 nitrogen and oxygen atoms in total. The summed E-state index contributed by atoms with van der Waals surface area (Å²) in [6.45, 7) is 0.990. The fourth-order valence-corrected chi connectivity index (χ4v) is 3.52. The van der Waals surface area contributed by atoms with Crippen LogP contribution in [0.3, 0.4) is 0 Å². The van der Waals surface area contributed by atoms with Crippen LogP contribution in [0.25, 0.3) is 10.4 Å². The third-order valence-corrected chi connectivity index (χ3v) is 5.13. The summed E-state index contributed by atoms with van der Waals surface area (Å²) in [5, 5.41) is 2.95. The number of hydrogen-bond acceptors (Lipinski definition) is 5. The predicted molar refractivity (Wildman–Crippen MR) is 91.2 cm³/mol. The molecule has 0 radical (unpaired) electrons. The van der Waals surface area contributed by atoms with Crippen LogP contribution < -0.4 is 14.8 Å². The molecule has 0 unspecified atom stereocenters. The van der Waals surface area contributed by atoms with Crippen molar-refractivity contribution >= 4 is 29.0 Å². The zero-order valence-corrected chi connectivity index (χ0v) is 13.9. The van der Waals surface area contributed by atoms with Crippen LogP contribution in [0.15, 0.2) is 30.3 Å². The van der Waals surface area contributed by atoms with Crippen molar-refractivity contribution in [3.05, 3.63) is 35.2 Å². The van der Waals surface area contributed by atoms with E-state index < -0.39 is 0 Å². The van der Waals surface area contributed by atoms with Gasteiger partial charge >= 0.3 is 0 Å². The van der Waals surface area contributed by atoms with Gasteiger partial charge in [0.1, 0.15) is 0 Å². The molecule has 1 N–H and O–H groups in total. The molecular weight excluding hydrogens is 318 g/mol. The largest absolute Gasteiger partial charge is 0.454 e. The van der Waals surface area contributed by atoms with Crippen molar-refractivity contribution in [2.45, 2.75) is 6.42 Å². The molecule has 3 rings (SSSR count). The number of ether oxygens (including phenoxy) is 2. The van der Waals surface area contributed by atoms with Crippen LogP contribution in [0.2, 0.25) is 0 Å². The summed E-state index contributed by atoms with van der Waals surface area (Å²) < 4.78 is 10.7. The Morgan fingerprint density at radius 1 is 1.27 bits per heavy atom. The Balaban J connectivity index is 1.67. The maximum absolute atomic E-state index is 12.1. The lowest BCUT2D eigenvalue weighted by molar-refractivity contribution is 0.0958. The molecule has 0 saturated heterocycles. The number of thiophene rings is 1. The van der Waals surface area contributed by atoms with E-state index in [9.17, 15) is 4.79 Å². The first-order chi connectivity index (χ1) is 10.8. The van der Waals surface area contributed by atoms with Crippen LogP contribution >= 0.6 is 23.1 Å². The van der Waals surface area contributed by atoms with E-state index in [1.807, 2.05) is 30.3 Å². The number of fused-ring (bicyclic) bond motifs is 1. The highest BCUT2D eigenvalue weighted by atomic mass is 32.2. The van der Waals surface area contributed by atoms with Crippen molar-refractivity contribution in [3.8, 4) is 21.9 Å². The van der Waals surface area contributed by atoms with Crippen LogP contribution in [0, 0.1) is 0 Å². The van der Waals surface area contributed by atoms with E-state index in [2.05, 4.69) is 11.6 Å². The third-order valence-electron chi connectivity index (χ3n) is 3.30. The van der Waals surface area contributed by atoms with Gasteiger partial charge in [0.25, 0.3) is 5.91 Å². The normalized spacial score (nSPS) is 12.4. The summed E-state index contributed by atoms with van der Waals surface area (Å²) in [5.41, 5.74) is 1.04. The van der Waals surface area contributed by atoms with Gasteiger partial charge in [0.05, 0.1) is 4.88 Å². The van der Waals surface area contributed by atoms with E-state index in [1.54, 1.807) is 11.8 Å². The van der Waals surface area contributed by atoms with Crippen LogP contribution in [0.1, 0.15) is 16.1 Å². The first-order valence-corrected chi connectivity index (χ1v) is 9.26. The van der Waals surface area contributed by atoms with E-state index in [1.165, 1.54) is 11.3 Å². The zero-order valence-electron chi connectivity index (χ0n) is 12.3. The maximum Gasteiger partial charge on any atom is 0.261 e. The van der Waals surface area contributed by atoms with Gasteiger partial charge in [-0.05, 0) is 54.3 Å². The van der Waals surface area contributed by atoms with Crippen LogP contribution in [-0.2, 0) is 0 Å². The standard InChI is InChI=1S/C16H17NO3S2/c1-21-8-2-7-17-16(18)15-6-5-14(22-15)11-3-4-12-13(9-11)20-10-19-12/h3-6,9H,2,7-8,10H2,1H3,(H,17,18). The average molecular weight is 335 g/mol. The Morgan fingerprint density at radius 3 is 3.00 bits per heavy atom. The van der Waals surface area contributed by atoms with Crippen molar-refractivity contribution in [1.82, 2.24) is 5.32 Å². The molecule has 0 spiro atoms. The summed E-state index contributed by atoms with van der Waals surface area (Å²) >= 11 is 3.28. The lowest BCUT2D eigenvalue weighted by atomic mass is 10.1. The zero-order chi connectivity index (χ0) is 15.4. The van der Waals surface area contributed by atoms with E-state index >= 15 is 0 Å². The van der Waals surface area contributed by atoms with Gasteiger partial charge in [-0.15, -0.1) is 11.3 Å². The smallest absolute Gasteiger partial charge is 0.261 e. The molecule has 2 heterocycles. The number of amides is 1. The minimum atomic E-state index is -0.00176. The van der Waals surface area contributed by atoms with Crippen molar-refractivity contribution in [2.24, 2.45) is 0 Å². The first kappa shape index (κ1) is 15.2. The molecule has 1 aromatic carbocycles.